The van der Waals surface area contributed by atoms with Crippen LogP contribution in [0.25, 0.3) is 0 Å². The number of carboxylic acid groups (broad SMARTS) is 1. The molecule has 0 radical (unpaired) electrons. The lowest BCUT2D eigenvalue weighted by Crippen LogP contribution is -2.49. The summed E-state index contributed by atoms with van der Waals surface area (Å²) in [5.41, 5.74) is 0.587. The summed E-state index contributed by atoms with van der Waals surface area (Å²) < 4.78 is 1.63. The van der Waals surface area contributed by atoms with E-state index in [0.29, 0.717) is 12.2 Å². The predicted molar refractivity (Wildman–Crippen MR) is 111 cm³/mol. The quantitative estimate of drug-likeness (QED) is 0.660. The molecule has 0 spiro atoms. The van der Waals surface area contributed by atoms with E-state index >= 15 is 0 Å². The highest BCUT2D eigenvalue weighted by atomic mass is 16.4. The average molecular weight is 417 g/mol. The molecule has 0 aromatic carbocycles. The van der Waals surface area contributed by atoms with Crippen molar-refractivity contribution in [3.63, 3.8) is 0 Å². The van der Waals surface area contributed by atoms with Crippen LogP contribution in [0.1, 0.15) is 75.2 Å². The molecule has 4 fully saturated rings. The Morgan fingerprint density at radius 1 is 1.03 bits per heavy atom. The van der Waals surface area contributed by atoms with E-state index in [9.17, 15) is 19.5 Å². The molecule has 2 bridgehead atoms. The second kappa shape index (κ2) is 8.78. The largest absolute Gasteiger partial charge is 0.481 e. The van der Waals surface area contributed by atoms with Crippen molar-refractivity contribution in [2.45, 2.75) is 77.3 Å². The molecular weight excluding hydrogens is 384 g/mol. The number of nitrogens with one attached hydrogen (secondary N) is 2. The highest BCUT2D eigenvalue weighted by Crippen LogP contribution is 2.49. The van der Waals surface area contributed by atoms with Crippen molar-refractivity contribution >= 4 is 23.5 Å². The molecule has 1 aromatic heterocycles. The van der Waals surface area contributed by atoms with Gasteiger partial charge in [0, 0.05) is 18.8 Å². The number of hydrogen-bond acceptors (Lipinski definition) is 4. The summed E-state index contributed by atoms with van der Waals surface area (Å²) in [6, 6.07) is 0.145. The fourth-order valence-electron chi connectivity index (χ4n) is 5.74. The van der Waals surface area contributed by atoms with Gasteiger partial charge in [-0.2, -0.15) is 5.10 Å². The summed E-state index contributed by atoms with van der Waals surface area (Å²) in [7, 11) is 0. The number of carbonyl (C=O) groups is 3. The van der Waals surface area contributed by atoms with Crippen LogP contribution in [0.5, 0.6) is 0 Å². The molecule has 5 rings (SSSR count). The zero-order valence-electron chi connectivity index (χ0n) is 17.6. The van der Waals surface area contributed by atoms with Crippen LogP contribution < -0.4 is 10.6 Å². The van der Waals surface area contributed by atoms with Crippen molar-refractivity contribution in [2.24, 2.45) is 23.7 Å². The number of aryl methyl sites for hydroxylation is 1. The maximum absolute atomic E-state index is 13.2. The van der Waals surface area contributed by atoms with Crippen molar-refractivity contribution in [1.29, 1.82) is 0 Å². The normalized spacial score (nSPS) is 28.8. The number of fused-ring (bicyclic) bond motifs is 3. The Kier molecular flexibility index (Phi) is 6.11. The average Bonchev–Trinajstić information content (AvgIpc) is 3.17. The number of aliphatic carboxylic acids is 1. The third kappa shape index (κ3) is 4.09. The summed E-state index contributed by atoms with van der Waals surface area (Å²) in [5, 5.41) is 20.1. The van der Waals surface area contributed by atoms with Crippen molar-refractivity contribution < 1.29 is 19.5 Å². The van der Waals surface area contributed by atoms with Crippen molar-refractivity contribution in [3.05, 3.63) is 11.9 Å². The van der Waals surface area contributed by atoms with E-state index in [1.54, 1.807) is 10.9 Å². The Morgan fingerprint density at radius 3 is 2.27 bits per heavy atom. The van der Waals surface area contributed by atoms with Crippen molar-refractivity contribution in [3.8, 4) is 0 Å². The molecule has 4 aliphatic rings. The number of carboxylic acids is 1. The van der Waals surface area contributed by atoms with Gasteiger partial charge in [-0.25, -0.2) is 0 Å². The lowest BCUT2D eigenvalue weighted by Gasteiger charge is -2.45. The molecule has 0 aliphatic heterocycles. The minimum absolute atomic E-state index is 0.0654. The molecule has 0 unspecified atom stereocenters. The molecule has 4 saturated carbocycles. The van der Waals surface area contributed by atoms with Gasteiger partial charge in [-0.15, -0.1) is 0 Å². The smallest absolute Gasteiger partial charge is 0.307 e. The maximum atomic E-state index is 13.2. The lowest BCUT2D eigenvalue weighted by atomic mass is 9.58. The van der Waals surface area contributed by atoms with Gasteiger partial charge in [0.05, 0.1) is 17.5 Å². The number of anilines is 1. The van der Waals surface area contributed by atoms with Gasteiger partial charge in [0.15, 0.2) is 5.69 Å². The van der Waals surface area contributed by atoms with Crippen LogP contribution in [0.15, 0.2) is 6.20 Å². The van der Waals surface area contributed by atoms with Gasteiger partial charge < -0.3 is 15.7 Å². The van der Waals surface area contributed by atoms with Crippen LogP contribution >= 0.6 is 0 Å². The number of nitrogens with zero attached hydrogens (tertiary/aromatic N) is 2. The zero-order valence-corrected chi connectivity index (χ0v) is 17.6. The summed E-state index contributed by atoms with van der Waals surface area (Å²) in [6.45, 7) is 2.49. The van der Waals surface area contributed by atoms with E-state index in [1.807, 2.05) is 6.92 Å². The second-order valence-corrected chi connectivity index (χ2v) is 9.11. The molecule has 30 heavy (non-hydrogen) atoms. The van der Waals surface area contributed by atoms with Crippen molar-refractivity contribution in [2.75, 3.05) is 5.32 Å². The van der Waals surface area contributed by atoms with Gasteiger partial charge in [0.2, 0.25) is 5.91 Å². The Morgan fingerprint density at radius 2 is 1.67 bits per heavy atom. The molecule has 2 atom stereocenters. The Labute approximate surface area is 176 Å². The Bertz CT molecular complexity index is 806. The minimum Gasteiger partial charge on any atom is -0.481 e. The van der Waals surface area contributed by atoms with Crippen LogP contribution in [0.3, 0.4) is 0 Å². The summed E-state index contributed by atoms with van der Waals surface area (Å²) in [4.78, 5) is 38.0. The van der Waals surface area contributed by atoms with Crippen LogP contribution in [0.4, 0.5) is 5.69 Å². The molecule has 4 aliphatic carbocycles. The number of carbonyl (C=O) groups excluding carboxylic acids is 2. The first-order valence-electron chi connectivity index (χ1n) is 11.4. The van der Waals surface area contributed by atoms with Gasteiger partial charge in [0.1, 0.15) is 0 Å². The van der Waals surface area contributed by atoms with Crippen molar-refractivity contribution in [1.82, 2.24) is 15.1 Å². The van der Waals surface area contributed by atoms with Crippen LogP contribution in [0, 0.1) is 23.7 Å². The molecule has 2 amide bonds. The third-order valence-electron chi connectivity index (χ3n) is 7.31. The molecular formula is C22H32N4O4. The SMILES string of the molecule is CCn1cc(NC(=O)[C@@H]2C3CCC(CC3)[C@@H]2C(=O)O)c(C(=O)NC2CCCCC2)n1. The van der Waals surface area contributed by atoms with E-state index in [-0.39, 0.29) is 35.4 Å². The molecule has 0 saturated heterocycles. The van der Waals surface area contributed by atoms with E-state index in [2.05, 4.69) is 15.7 Å². The summed E-state index contributed by atoms with van der Waals surface area (Å²) >= 11 is 0. The number of aromatic nitrogens is 2. The summed E-state index contributed by atoms with van der Waals surface area (Å²) in [6.07, 6.45) is 10.6. The van der Waals surface area contributed by atoms with Gasteiger partial charge in [-0.1, -0.05) is 19.3 Å². The number of hydrogen-bond donors (Lipinski definition) is 3. The first-order valence-corrected chi connectivity index (χ1v) is 11.4. The fraction of sp³-hybridized carbons (Fsp3) is 0.727. The van der Waals surface area contributed by atoms with Gasteiger partial charge in [-0.05, 0) is 57.3 Å². The summed E-state index contributed by atoms with van der Waals surface area (Å²) in [5.74, 6) is -2.48. The van der Waals surface area contributed by atoms with Gasteiger partial charge in [0.25, 0.3) is 5.91 Å². The molecule has 1 aromatic rings. The maximum Gasteiger partial charge on any atom is 0.307 e. The van der Waals surface area contributed by atoms with Crippen LogP contribution in [-0.2, 0) is 16.1 Å². The molecule has 1 heterocycles. The Balaban J connectivity index is 1.52. The lowest BCUT2D eigenvalue weighted by molar-refractivity contribution is -0.156. The standard InChI is InChI=1S/C22H32N4O4/c1-2-26-12-16(19(25-26)21(28)23-15-6-4-3-5-7-15)24-20(27)17-13-8-10-14(11-9-13)18(17)22(29)30/h12-15,17-18H,2-11H2,1H3,(H,23,28)(H,24,27)(H,29,30)/t13?,14?,17-,18+/m1/s1. The predicted octanol–water partition coefficient (Wildman–Crippen LogP) is 3.04. The van der Waals surface area contributed by atoms with E-state index < -0.39 is 17.8 Å². The number of amides is 2. The van der Waals surface area contributed by atoms with E-state index in [1.165, 1.54) is 6.42 Å². The van der Waals surface area contributed by atoms with Gasteiger partial charge in [-0.3, -0.25) is 19.1 Å². The highest BCUT2D eigenvalue weighted by Gasteiger charge is 2.50. The topological polar surface area (TPSA) is 113 Å². The van der Waals surface area contributed by atoms with Crippen LogP contribution in [-0.4, -0.2) is 38.7 Å². The minimum atomic E-state index is -0.885. The molecule has 8 heteroatoms. The molecule has 164 valence electrons. The second-order valence-electron chi connectivity index (χ2n) is 9.11. The van der Waals surface area contributed by atoms with Gasteiger partial charge >= 0.3 is 5.97 Å². The molecule has 8 nitrogen and oxygen atoms in total. The van der Waals surface area contributed by atoms with E-state index in [0.717, 1.165) is 51.4 Å². The first kappa shape index (κ1) is 20.9. The zero-order chi connectivity index (χ0) is 21.3. The number of rotatable bonds is 6. The fourth-order valence-corrected chi connectivity index (χ4v) is 5.74. The van der Waals surface area contributed by atoms with E-state index in [4.69, 9.17) is 0 Å². The first-order chi connectivity index (χ1) is 14.5. The molecule has 3 N–H and O–H groups in total. The monoisotopic (exact) mass is 416 g/mol. The third-order valence-corrected chi connectivity index (χ3v) is 7.31. The highest BCUT2D eigenvalue weighted by molar-refractivity contribution is 6.03. The Hall–Kier alpha value is -2.38. The van der Waals surface area contributed by atoms with Crippen LogP contribution in [0.2, 0.25) is 0 Å².